The van der Waals surface area contributed by atoms with E-state index in [9.17, 15) is 9.59 Å². The van der Waals surface area contributed by atoms with E-state index in [1.165, 1.54) is 5.56 Å². The number of ketones is 2. The third kappa shape index (κ3) is 3.04. The largest absolute Gasteiger partial charge is 0.291 e. The van der Waals surface area contributed by atoms with E-state index < -0.39 is 6.04 Å². The lowest BCUT2D eigenvalue weighted by molar-refractivity contribution is 0.0891. The smallest absolute Gasteiger partial charge is 0.197 e. The van der Waals surface area contributed by atoms with Crippen molar-refractivity contribution in [3.8, 4) is 0 Å². The molecule has 1 atom stereocenters. The van der Waals surface area contributed by atoms with Gasteiger partial charge in [0.25, 0.3) is 0 Å². The van der Waals surface area contributed by atoms with Gasteiger partial charge in [-0.1, -0.05) is 56.7 Å². The Morgan fingerprint density at radius 3 is 2.08 bits per heavy atom. The molecule has 0 N–H and O–H groups in total. The number of hydrogen-bond acceptors (Lipinski definition) is 4. The fourth-order valence-electron chi connectivity index (χ4n) is 3.02. The van der Waals surface area contributed by atoms with Gasteiger partial charge in [0, 0.05) is 11.1 Å². The second-order valence-electron chi connectivity index (χ2n) is 6.17. The Balaban J connectivity index is 1.75. The van der Waals surface area contributed by atoms with Crippen molar-refractivity contribution in [2.75, 3.05) is 0 Å². The van der Waals surface area contributed by atoms with Crippen molar-refractivity contribution < 1.29 is 9.59 Å². The highest BCUT2D eigenvalue weighted by molar-refractivity contribution is 6.29. The molecular formula is C20H20N2O2. The van der Waals surface area contributed by atoms with Crippen LogP contribution in [-0.4, -0.2) is 17.6 Å². The van der Waals surface area contributed by atoms with E-state index in [2.05, 4.69) is 24.1 Å². The normalized spacial score (nSPS) is 15.9. The van der Waals surface area contributed by atoms with Crippen LogP contribution in [0.25, 0.3) is 0 Å². The molecule has 0 aromatic heterocycles. The molecule has 0 spiro atoms. The van der Waals surface area contributed by atoms with Gasteiger partial charge in [0.05, 0.1) is 5.69 Å². The molecule has 4 heteroatoms. The van der Waals surface area contributed by atoms with E-state index in [0.29, 0.717) is 22.7 Å². The van der Waals surface area contributed by atoms with E-state index in [1.54, 1.807) is 24.3 Å². The molecule has 3 rings (SSSR count). The van der Waals surface area contributed by atoms with Gasteiger partial charge >= 0.3 is 0 Å². The van der Waals surface area contributed by atoms with Crippen molar-refractivity contribution in [3.05, 3.63) is 65.2 Å². The van der Waals surface area contributed by atoms with Crippen LogP contribution in [0.3, 0.4) is 0 Å². The average Bonchev–Trinajstić information content (AvgIpc) is 2.85. The van der Waals surface area contributed by atoms with Crippen LogP contribution in [0.5, 0.6) is 0 Å². The molecular weight excluding hydrogens is 300 g/mol. The van der Waals surface area contributed by atoms with Crippen molar-refractivity contribution in [2.45, 2.75) is 38.6 Å². The van der Waals surface area contributed by atoms with Crippen LogP contribution in [0, 0.1) is 0 Å². The highest BCUT2D eigenvalue weighted by Gasteiger charge is 2.38. The lowest BCUT2D eigenvalue weighted by Crippen LogP contribution is -2.18. The average molecular weight is 320 g/mol. The highest BCUT2D eigenvalue weighted by Crippen LogP contribution is 2.26. The number of Topliss-reactive ketones (excluding diaryl/α,β-unsaturated/α-hetero) is 2. The Kier molecular flexibility index (Phi) is 4.65. The van der Waals surface area contributed by atoms with Gasteiger partial charge in [-0.05, 0) is 30.0 Å². The lowest BCUT2D eigenvalue weighted by Gasteiger charge is -2.10. The van der Waals surface area contributed by atoms with Gasteiger partial charge in [-0.3, -0.25) is 9.59 Å². The molecule has 0 saturated heterocycles. The summed E-state index contributed by atoms with van der Waals surface area (Å²) in [6.45, 7) is 4.37. The number of fused-ring (bicyclic) bond motifs is 1. The number of nitrogens with zero attached hydrogens (tertiary/aromatic N) is 2. The summed E-state index contributed by atoms with van der Waals surface area (Å²) >= 11 is 0. The summed E-state index contributed by atoms with van der Waals surface area (Å²) in [6.07, 6.45) is 2.29. The van der Waals surface area contributed by atoms with Crippen molar-refractivity contribution in [3.63, 3.8) is 0 Å². The van der Waals surface area contributed by atoms with Gasteiger partial charge < -0.3 is 0 Å². The molecule has 0 aliphatic heterocycles. The summed E-state index contributed by atoms with van der Waals surface area (Å²) < 4.78 is 0. The first-order chi connectivity index (χ1) is 11.6. The van der Waals surface area contributed by atoms with Crippen LogP contribution in [0.15, 0.2) is 58.8 Å². The third-order valence-corrected chi connectivity index (χ3v) is 4.43. The number of hydrogen-bond donors (Lipinski definition) is 0. The van der Waals surface area contributed by atoms with E-state index in [1.807, 2.05) is 24.3 Å². The van der Waals surface area contributed by atoms with Crippen LogP contribution >= 0.6 is 0 Å². The molecule has 2 aromatic rings. The molecule has 0 heterocycles. The minimum atomic E-state index is -1.04. The summed E-state index contributed by atoms with van der Waals surface area (Å²) in [5, 5.41) is 8.11. The monoisotopic (exact) mass is 320 g/mol. The number of azo groups is 1. The van der Waals surface area contributed by atoms with Crippen LogP contribution in [0.2, 0.25) is 0 Å². The van der Waals surface area contributed by atoms with Crippen molar-refractivity contribution in [1.82, 2.24) is 0 Å². The Hall–Kier alpha value is -2.62. The predicted molar refractivity (Wildman–Crippen MR) is 93.2 cm³/mol. The Morgan fingerprint density at radius 2 is 1.54 bits per heavy atom. The maximum atomic E-state index is 12.3. The molecule has 122 valence electrons. The molecule has 1 aliphatic carbocycles. The first-order valence-electron chi connectivity index (χ1n) is 8.30. The minimum Gasteiger partial charge on any atom is -0.291 e. The summed E-state index contributed by atoms with van der Waals surface area (Å²) in [5.41, 5.74) is 2.79. The van der Waals surface area contributed by atoms with E-state index in [-0.39, 0.29) is 11.6 Å². The second kappa shape index (κ2) is 6.87. The second-order valence-corrected chi connectivity index (χ2v) is 6.17. The van der Waals surface area contributed by atoms with Gasteiger partial charge in [0.2, 0.25) is 0 Å². The van der Waals surface area contributed by atoms with Crippen LogP contribution in [0.4, 0.5) is 5.69 Å². The fourth-order valence-corrected chi connectivity index (χ4v) is 3.02. The molecule has 0 radical (unpaired) electrons. The number of rotatable bonds is 5. The Labute approximate surface area is 141 Å². The quantitative estimate of drug-likeness (QED) is 0.567. The van der Waals surface area contributed by atoms with Crippen molar-refractivity contribution >= 4 is 17.3 Å². The van der Waals surface area contributed by atoms with Crippen molar-refractivity contribution in [1.29, 1.82) is 0 Å². The molecule has 0 amide bonds. The zero-order chi connectivity index (χ0) is 17.1. The molecule has 0 bridgehead atoms. The number of carbonyl (C=O) groups excluding carboxylic acids is 2. The van der Waals surface area contributed by atoms with Crippen LogP contribution in [0.1, 0.15) is 58.9 Å². The summed E-state index contributed by atoms with van der Waals surface area (Å²) in [6, 6.07) is 13.6. The highest BCUT2D eigenvalue weighted by atomic mass is 16.2. The molecule has 24 heavy (non-hydrogen) atoms. The van der Waals surface area contributed by atoms with Crippen LogP contribution in [-0.2, 0) is 0 Å². The number of carbonyl (C=O) groups is 2. The zero-order valence-electron chi connectivity index (χ0n) is 13.9. The van der Waals surface area contributed by atoms with E-state index >= 15 is 0 Å². The molecule has 4 nitrogen and oxygen atoms in total. The summed E-state index contributed by atoms with van der Waals surface area (Å²) in [4.78, 5) is 24.5. The van der Waals surface area contributed by atoms with Crippen LogP contribution < -0.4 is 0 Å². The Bertz CT molecular complexity index is 759. The first kappa shape index (κ1) is 16.2. The van der Waals surface area contributed by atoms with Gasteiger partial charge in [-0.15, -0.1) is 0 Å². The molecule has 0 saturated carbocycles. The van der Waals surface area contributed by atoms with Crippen molar-refractivity contribution in [2.24, 2.45) is 10.2 Å². The zero-order valence-corrected chi connectivity index (χ0v) is 13.9. The maximum Gasteiger partial charge on any atom is 0.197 e. The molecule has 1 aliphatic rings. The third-order valence-electron chi connectivity index (χ3n) is 4.43. The Morgan fingerprint density at radius 1 is 0.958 bits per heavy atom. The summed E-state index contributed by atoms with van der Waals surface area (Å²) in [7, 11) is 0. The molecule has 0 fully saturated rings. The minimum absolute atomic E-state index is 0.271. The molecule has 2 aromatic carbocycles. The lowest BCUT2D eigenvalue weighted by atomic mass is 9.96. The van der Waals surface area contributed by atoms with Gasteiger partial charge in [-0.25, -0.2) is 0 Å². The fraction of sp³-hybridized carbons (Fsp3) is 0.300. The van der Waals surface area contributed by atoms with Gasteiger partial charge in [0.1, 0.15) is 0 Å². The topological polar surface area (TPSA) is 58.9 Å². The SMILES string of the molecule is CCCC(C)c1ccc(N=NC2C(=O)c3ccccc3C2=O)cc1. The van der Waals surface area contributed by atoms with Gasteiger partial charge in [0.15, 0.2) is 17.6 Å². The first-order valence-corrected chi connectivity index (χ1v) is 8.30. The standard InChI is InChI=1S/C20H20N2O2/c1-3-6-13(2)14-9-11-15(12-10-14)21-22-18-19(23)16-7-4-5-8-17(16)20(18)24/h4-5,7-13,18H,3,6H2,1-2H3. The van der Waals surface area contributed by atoms with Gasteiger partial charge in [-0.2, -0.15) is 10.2 Å². The predicted octanol–water partition coefficient (Wildman–Crippen LogP) is 5.12. The summed E-state index contributed by atoms with van der Waals surface area (Å²) in [5.74, 6) is -0.0337. The maximum absolute atomic E-state index is 12.3. The van der Waals surface area contributed by atoms with E-state index in [4.69, 9.17) is 0 Å². The molecule has 1 unspecified atom stereocenters. The van der Waals surface area contributed by atoms with E-state index in [0.717, 1.165) is 12.8 Å². The number of benzene rings is 2.